The van der Waals surface area contributed by atoms with Crippen LogP contribution in [0.15, 0.2) is 0 Å². The zero-order valence-corrected chi connectivity index (χ0v) is 17.4. The van der Waals surface area contributed by atoms with Gasteiger partial charge in [-0.2, -0.15) is 74.6 Å². The van der Waals surface area contributed by atoms with Crippen LogP contribution in [-0.2, 0) is 4.79 Å². The normalized spacial score (nSPS) is 15.9. The summed E-state index contributed by atoms with van der Waals surface area (Å²) in [7, 11) is 4.47. The standard InChI is InChI=1S/C15H15F17N2O/c1-34(2,3)6-4-5-33-7(35)8(16,17)9(18,19)10(20,21)11(22,23)12(24,25)13(26,27)14(28,29)15(30,31)32/h4-6H2,1-3H3/p+1. The van der Waals surface area contributed by atoms with Gasteiger partial charge in [-0.25, -0.2) is 0 Å². The summed E-state index contributed by atoms with van der Waals surface area (Å²) in [6, 6.07) is 0. The maximum absolute atomic E-state index is 13.7. The van der Waals surface area contributed by atoms with Gasteiger partial charge in [0.2, 0.25) is 0 Å². The highest BCUT2D eigenvalue weighted by atomic mass is 19.4. The Kier molecular flexibility index (Phi) is 8.51. The van der Waals surface area contributed by atoms with E-state index >= 15 is 0 Å². The molecule has 0 aliphatic rings. The zero-order valence-electron chi connectivity index (χ0n) is 17.4. The molecule has 0 aliphatic heterocycles. The van der Waals surface area contributed by atoms with E-state index in [1.807, 2.05) is 0 Å². The van der Waals surface area contributed by atoms with Gasteiger partial charge in [0.1, 0.15) is 0 Å². The zero-order chi connectivity index (χ0) is 28.9. The quantitative estimate of drug-likeness (QED) is 0.209. The lowest BCUT2D eigenvalue weighted by molar-refractivity contribution is -0.870. The highest BCUT2D eigenvalue weighted by molar-refractivity contribution is 5.84. The van der Waals surface area contributed by atoms with Crippen LogP contribution in [0.25, 0.3) is 0 Å². The molecule has 3 nitrogen and oxygen atoms in total. The van der Waals surface area contributed by atoms with Gasteiger partial charge in [-0.05, 0) is 0 Å². The number of halogens is 17. The van der Waals surface area contributed by atoms with Crippen LogP contribution in [0.1, 0.15) is 6.42 Å². The van der Waals surface area contributed by atoms with Crippen LogP contribution < -0.4 is 5.32 Å². The fraction of sp³-hybridized carbons (Fsp3) is 0.933. The summed E-state index contributed by atoms with van der Waals surface area (Å²) in [6.45, 7) is -1.00. The maximum atomic E-state index is 13.7. The van der Waals surface area contributed by atoms with Gasteiger partial charge in [0.15, 0.2) is 0 Å². The monoisotopic (exact) mass is 563 g/mol. The molecule has 0 bridgehead atoms. The second-order valence-corrected chi connectivity index (χ2v) is 8.14. The van der Waals surface area contributed by atoms with Crippen molar-refractivity contribution < 1.29 is 83.9 Å². The number of amides is 1. The molecule has 0 saturated heterocycles. The highest BCUT2D eigenvalue weighted by Gasteiger charge is 2.95. The Morgan fingerprint density at radius 1 is 0.571 bits per heavy atom. The Morgan fingerprint density at radius 3 is 1.20 bits per heavy atom. The van der Waals surface area contributed by atoms with Crippen molar-refractivity contribution in [3.8, 4) is 0 Å². The SMILES string of the molecule is C[N+](C)(C)CCCNC(=O)C(F)(F)C(F)(F)C(F)(F)C(F)(F)C(F)(F)C(F)(F)C(F)(F)C(F)(F)F. The summed E-state index contributed by atoms with van der Waals surface area (Å²) in [6.07, 6.45) is -8.15. The van der Waals surface area contributed by atoms with Gasteiger partial charge in [0.05, 0.1) is 27.7 Å². The first-order chi connectivity index (χ1) is 14.9. The van der Waals surface area contributed by atoms with Gasteiger partial charge in [0, 0.05) is 13.0 Å². The van der Waals surface area contributed by atoms with E-state index in [9.17, 15) is 79.4 Å². The molecule has 0 heterocycles. The lowest BCUT2D eigenvalue weighted by atomic mass is 9.89. The minimum atomic E-state index is -8.72. The van der Waals surface area contributed by atoms with E-state index < -0.39 is 60.1 Å². The van der Waals surface area contributed by atoms with Gasteiger partial charge in [-0.15, -0.1) is 0 Å². The second kappa shape index (κ2) is 8.97. The van der Waals surface area contributed by atoms with Gasteiger partial charge < -0.3 is 9.80 Å². The Balaban J connectivity index is 6.33. The van der Waals surface area contributed by atoms with Crippen molar-refractivity contribution in [3.63, 3.8) is 0 Å². The first kappa shape index (κ1) is 33.2. The van der Waals surface area contributed by atoms with Crippen molar-refractivity contribution in [3.05, 3.63) is 0 Å². The average molecular weight is 563 g/mol. The number of hydrogen-bond donors (Lipinski definition) is 1. The van der Waals surface area contributed by atoms with E-state index in [2.05, 4.69) is 0 Å². The molecular formula is C15H16F17N2O+. The number of hydrogen-bond acceptors (Lipinski definition) is 1. The van der Waals surface area contributed by atoms with E-state index in [0.29, 0.717) is 0 Å². The number of quaternary nitrogens is 1. The van der Waals surface area contributed by atoms with Crippen LogP contribution in [0.2, 0.25) is 0 Å². The molecule has 210 valence electrons. The van der Waals surface area contributed by atoms with Gasteiger partial charge >= 0.3 is 47.6 Å². The molecule has 1 amide bonds. The molecule has 0 spiro atoms. The topological polar surface area (TPSA) is 29.1 Å². The molecule has 0 aliphatic carbocycles. The molecule has 0 rings (SSSR count). The molecule has 0 radical (unpaired) electrons. The molecule has 20 heteroatoms. The molecule has 0 aromatic carbocycles. The number of carbonyl (C=O) groups excluding carboxylic acids is 1. The molecule has 0 saturated carbocycles. The minimum absolute atomic E-state index is 0.00516. The van der Waals surface area contributed by atoms with Crippen LogP contribution in [0, 0.1) is 0 Å². The van der Waals surface area contributed by atoms with Gasteiger partial charge in [-0.1, -0.05) is 0 Å². The largest absolute Gasteiger partial charge is 0.460 e. The molecule has 0 aromatic rings. The number of nitrogens with one attached hydrogen (secondary N) is 1. The highest BCUT2D eigenvalue weighted by Crippen LogP contribution is 2.63. The molecule has 35 heavy (non-hydrogen) atoms. The minimum Gasteiger partial charge on any atom is -0.350 e. The number of carbonyl (C=O) groups is 1. The predicted octanol–water partition coefficient (Wildman–Crippen LogP) is 5.21. The summed E-state index contributed by atoms with van der Waals surface area (Å²) in [4.78, 5) is 11.2. The Labute approximate surface area is 184 Å². The molecule has 0 unspecified atom stereocenters. The summed E-state index contributed by atoms with van der Waals surface area (Å²) in [5.74, 6) is -61.3. The van der Waals surface area contributed by atoms with E-state index in [4.69, 9.17) is 0 Å². The van der Waals surface area contributed by atoms with Gasteiger partial charge in [-0.3, -0.25) is 4.79 Å². The third-order valence-corrected chi connectivity index (χ3v) is 4.30. The first-order valence-corrected chi connectivity index (χ1v) is 8.68. The van der Waals surface area contributed by atoms with Crippen molar-refractivity contribution in [1.82, 2.24) is 5.32 Å². The van der Waals surface area contributed by atoms with E-state index in [0.717, 1.165) is 5.32 Å². The van der Waals surface area contributed by atoms with Crippen LogP contribution in [0.5, 0.6) is 0 Å². The Bertz CT molecular complexity index is 766. The number of nitrogens with zero attached hydrogens (tertiary/aromatic N) is 1. The molecule has 0 atom stereocenters. The van der Waals surface area contributed by atoms with Gasteiger partial charge in [0.25, 0.3) is 5.91 Å². The average Bonchev–Trinajstić information content (AvgIpc) is 2.62. The maximum Gasteiger partial charge on any atom is 0.460 e. The van der Waals surface area contributed by atoms with Crippen LogP contribution >= 0.6 is 0 Å². The van der Waals surface area contributed by atoms with E-state index in [1.165, 1.54) is 21.1 Å². The van der Waals surface area contributed by atoms with Crippen molar-refractivity contribution in [2.24, 2.45) is 0 Å². The summed E-state index contributed by atoms with van der Waals surface area (Å²) >= 11 is 0. The van der Waals surface area contributed by atoms with Crippen molar-refractivity contribution in [2.75, 3.05) is 34.2 Å². The summed E-state index contributed by atoms with van der Waals surface area (Å²) in [5, 5.41) is 0.877. The fourth-order valence-corrected chi connectivity index (χ4v) is 2.17. The third kappa shape index (κ3) is 5.21. The lowest BCUT2D eigenvalue weighted by Gasteiger charge is -2.42. The molecule has 1 N–H and O–H groups in total. The predicted molar refractivity (Wildman–Crippen MR) is 81.2 cm³/mol. The Morgan fingerprint density at radius 2 is 0.886 bits per heavy atom. The molecule has 0 aromatic heterocycles. The van der Waals surface area contributed by atoms with Crippen LogP contribution in [0.4, 0.5) is 74.6 Å². The second-order valence-electron chi connectivity index (χ2n) is 8.14. The third-order valence-electron chi connectivity index (χ3n) is 4.30. The number of rotatable bonds is 11. The van der Waals surface area contributed by atoms with Crippen LogP contribution in [-0.4, -0.2) is 92.3 Å². The number of alkyl halides is 17. The summed E-state index contributed by atoms with van der Waals surface area (Å²) in [5.41, 5.74) is 0. The van der Waals surface area contributed by atoms with Crippen molar-refractivity contribution in [1.29, 1.82) is 0 Å². The van der Waals surface area contributed by atoms with E-state index in [-0.39, 0.29) is 17.4 Å². The van der Waals surface area contributed by atoms with Crippen molar-refractivity contribution in [2.45, 2.75) is 54.1 Å². The van der Waals surface area contributed by atoms with Crippen LogP contribution in [0.3, 0.4) is 0 Å². The Hall–Kier alpha value is -1.76. The summed E-state index contributed by atoms with van der Waals surface area (Å²) < 4.78 is 223. The van der Waals surface area contributed by atoms with E-state index in [1.54, 1.807) is 0 Å². The van der Waals surface area contributed by atoms with Crippen molar-refractivity contribution >= 4 is 5.91 Å². The first-order valence-electron chi connectivity index (χ1n) is 8.68. The molecule has 0 fully saturated rings. The lowest BCUT2D eigenvalue weighted by Crippen LogP contribution is -2.75. The molecular weight excluding hydrogens is 547 g/mol. The smallest absolute Gasteiger partial charge is 0.350 e. The fourth-order valence-electron chi connectivity index (χ4n) is 2.17.